The van der Waals surface area contributed by atoms with E-state index in [9.17, 15) is 14.4 Å². The molecular formula is C28H36N2O5. The van der Waals surface area contributed by atoms with Crippen molar-refractivity contribution in [2.75, 3.05) is 11.4 Å². The third-order valence-corrected chi connectivity index (χ3v) is 7.83. The van der Waals surface area contributed by atoms with Gasteiger partial charge >= 0.3 is 5.97 Å². The van der Waals surface area contributed by atoms with Crippen molar-refractivity contribution in [2.45, 2.75) is 83.6 Å². The summed E-state index contributed by atoms with van der Waals surface area (Å²) in [7, 11) is 0. The van der Waals surface area contributed by atoms with Crippen molar-refractivity contribution in [3.8, 4) is 0 Å². The Morgan fingerprint density at radius 3 is 2.51 bits per heavy atom. The molecule has 2 bridgehead atoms. The average molecular weight is 481 g/mol. The molecule has 4 aliphatic rings. The zero-order chi connectivity index (χ0) is 24.9. The number of carbonyl (C=O) groups is 3. The van der Waals surface area contributed by atoms with Crippen molar-refractivity contribution in [3.63, 3.8) is 0 Å². The summed E-state index contributed by atoms with van der Waals surface area (Å²) in [5.41, 5.74) is 2.13. The van der Waals surface area contributed by atoms with E-state index >= 15 is 0 Å². The molecule has 0 unspecified atom stereocenters. The summed E-state index contributed by atoms with van der Waals surface area (Å²) in [6.45, 7) is 8.38. The number of nitrogens with one attached hydrogen (secondary N) is 1. The van der Waals surface area contributed by atoms with E-state index in [1.165, 1.54) is 0 Å². The van der Waals surface area contributed by atoms with E-state index in [4.69, 9.17) is 9.47 Å². The topological polar surface area (TPSA) is 84.9 Å². The van der Waals surface area contributed by atoms with Gasteiger partial charge in [-0.1, -0.05) is 44.9 Å². The van der Waals surface area contributed by atoms with E-state index in [1.807, 2.05) is 52.0 Å². The highest BCUT2D eigenvalue weighted by atomic mass is 16.6. The lowest BCUT2D eigenvalue weighted by molar-refractivity contribution is -0.163. The highest BCUT2D eigenvalue weighted by Gasteiger charge is 2.67. The van der Waals surface area contributed by atoms with Crippen LogP contribution in [0.5, 0.6) is 0 Å². The van der Waals surface area contributed by atoms with Crippen molar-refractivity contribution in [1.29, 1.82) is 0 Å². The molecule has 7 heteroatoms. The van der Waals surface area contributed by atoms with Gasteiger partial charge in [0, 0.05) is 11.7 Å². The number of fused-ring (bicyclic) bond motifs is 1. The maximum absolute atomic E-state index is 13.7. The largest absolute Gasteiger partial charge is 0.452 e. The summed E-state index contributed by atoms with van der Waals surface area (Å²) in [4.78, 5) is 41.9. The van der Waals surface area contributed by atoms with E-state index in [0.717, 1.165) is 42.5 Å². The molecule has 1 saturated carbocycles. The van der Waals surface area contributed by atoms with Gasteiger partial charge in [0.2, 0.25) is 5.91 Å². The van der Waals surface area contributed by atoms with Crippen LogP contribution in [0.25, 0.3) is 0 Å². The van der Waals surface area contributed by atoms with Crippen LogP contribution in [0.2, 0.25) is 0 Å². The molecule has 0 aromatic heterocycles. The van der Waals surface area contributed by atoms with Crippen LogP contribution >= 0.6 is 0 Å². The molecule has 1 aromatic rings. The Bertz CT molecular complexity index is 1040. The Morgan fingerprint density at radius 2 is 1.86 bits per heavy atom. The monoisotopic (exact) mass is 480 g/mol. The molecule has 35 heavy (non-hydrogen) atoms. The summed E-state index contributed by atoms with van der Waals surface area (Å²) < 4.78 is 12.1. The molecule has 1 N–H and O–H groups in total. The van der Waals surface area contributed by atoms with E-state index in [-0.39, 0.29) is 23.8 Å². The van der Waals surface area contributed by atoms with Gasteiger partial charge in [0.25, 0.3) is 5.91 Å². The van der Waals surface area contributed by atoms with Crippen molar-refractivity contribution in [3.05, 3.63) is 41.5 Å². The van der Waals surface area contributed by atoms with Gasteiger partial charge in [0.1, 0.15) is 11.5 Å². The quantitative estimate of drug-likeness (QED) is 0.476. The second-order valence-corrected chi connectivity index (χ2v) is 11.2. The molecule has 3 heterocycles. The van der Waals surface area contributed by atoms with E-state index in [0.29, 0.717) is 13.0 Å². The first-order valence-corrected chi connectivity index (χ1v) is 12.9. The normalized spacial score (nSPS) is 30.3. The molecule has 1 spiro atoms. The van der Waals surface area contributed by atoms with Crippen LogP contribution in [0.15, 0.2) is 30.4 Å². The van der Waals surface area contributed by atoms with Gasteiger partial charge in [0.05, 0.1) is 18.6 Å². The SMILES string of the molecule is Cc1cc(C)cc(N2C[C@@]34C=C[C@@H](O3)[C@H](C(=O)O[C@@H](CC(C)C)C(=O)NC3CCCC3)[C@H]4C2=O)c1. The van der Waals surface area contributed by atoms with Gasteiger partial charge in [-0.25, -0.2) is 0 Å². The number of ether oxygens (including phenoxy) is 2. The smallest absolute Gasteiger partial charge is 0.313 e. The zero-order valence-electron chi connectivity index (χ0n) is 21.1. The minimum absolute atomic E-state index is 0.125. The molecule has 3 aliphatic heterocycles. The van der Waals surface area contributed by atoms with Gasteiger partial charge in [-0.2, -0.15) is 0 Å². The molecule has 5 rings (SSSR count). The number of aryl methyl sites for hydroxylation is 2. The van der Waals surface area contributed by atoms with Gasteiger partial charge in [-0.15, -0.1) is 0 Å². The molecule has 1 aliphatic carbocycles. The molecule has 3 fully saturated rings. The third kappa shape index (κ3) is 4.39. The number of carbonyl (C=O) groups excluding carboxylic acids is 3. The number of anilines is 1. The molecule has 0 radical (unpaired) electrons. The Labute approximate surface area is 207 Å². The Hall–Kier alpha value is -2.67. The first-order valence-electron chi connectivity index (χ1n) is 12.9. The first-order chi connectivity index (χ1) is 16.7. The van der Waals surface area contributed by atoms with Gasteiger partial charge in [0.15, 0.2) is 6.10 Å². The fourth-order valence-corrected chi connectivity index (χ4v) is 6.31. The zero-order valence-corrected chi connectivity index (χ0v) is 21.1. The number of rotatable bonds is 7. The third-order valence-electron chi connectivity index (χ3n) is 7.83. The molecular weight excluding hydrogens is 444 g/mol. The summed E-state index contributed by atoms with van der Waals surface area (Å²) in [5, 5.41) is 3.07. The van der Waals surface area contributed by atoms with Crippen LogP contribution in [0.3, 0.4) is 0 Å². The Balaban J connectivity index is 1.35. The number of hydrogen-bond donors (Lipinski definition) is 1. The number of hydrogen-bond acceptors (Lipinski definition) is 5. The maximum Gasteiger partial charge on any atom is 0.313 e. The van der Waals surface area contributed by atoms with Crippen molar-refractivity contribution < 1.29 is 23.9 Å². The van der Waals surface area contributed by atoms with Crippen LogP contribution < -0.4 is 10.2 Å². The summed E-state index contributed by atoms with van der Waals surface area (Å²) in [5.74, 6) is -2.10. The Morgan fingerprint density at radius 1 is 1.17 bits per heavy atom. The highest BCUT2D eigenvalue weighted by molar-refractivity contribution is 6.03. The van der Waals surface area contributed by atoms with Crippen molar-refractivity contribution in [2.24, 2.45) is 17.8 Å². The van der Waals surface area contributed by atoms with Crippen LogP contribution in [0.4, 0.5) is 5.69 Å². The second-order valence-electron chi connectivity index (χ2n) is 11.2. The summed E-state index contributed by atoms with van der Waals surface area (Å²) >= 11 is 0. The highest BCUT2D eigenvalue weighted by Crippen LogP contribution is 2.53. The number of esters is 1. The minimum atomic E-state index is -0.866. The second kappa shape index (κ2) is 9.08. The average Bonchev–Trinajstić information content (AvgIpc) is 3.54. The van der Waals surface area contributed by atoms with Crippen LogP contribution in [-0.4, -0.2) is 48.2 Å². The predicted molar refractivity (Wildman–Crippen MR) is 132 cm³/mol. The van der Waals surface area contributed by atoms with E-state index in [2.05, 4.69) is 11.4 Å². The Kier molecular flexibility index (Phi) is 6.24. The van der Waals surface area contributed by atoms with Crippen LogP contribution in [0, 0.1) is 31.6 Å². The lowest BCUT2D eigenvalue weighted by Crippen LogP contribution is -2.46. The number of benzene rings is 1. The van der Waals surface area contributed by atoms with E-state index in [1.54, 1.807) is 4.90 Å². The predicted octanol–water partition coefficient (Wildman–Crippen LogP) is 3.61. The minimum Gasteiger partial charge on any atom is -0.452 e. The van der Waals surface area contributed by atoms with Gasteiger partial charge in [-0.3, -0.25) is 14.4 Å². The van der Waals surface area contributed by atoms with Crippen LogP contribution in [-0.2, 0) is 23.9 Å². The summed E-state index contributed by atoms with van der Waals surface area (Å²) in [6.07, 6.45) is 7.02. The fraction of sp³-hybridized carbons (Fsp3) is 0.607. The molecule has 7 nitrogen and oxygen atoms in total. The molecule has 5 atom stereocenters. The lowest BCUT2D eigenvalue weighted by Gasteiger charge is -2.26. The lowest BCUT2D eigenvalue weighted by atomic mass is 9.77. The summed E-state index contributed by atoms with van der Waals surface area (Å²) in [6, 6.07) is 6.18. The van der Waals surface area contributed by atoms with Crippen molar-refractivity contribution in [1.82, 2.24) is 5.32 Å². The van der Waals surface area contributed by atoms with E-state index < -0.39 is 35.6 Å². The van der Waals surface area contributed by atoms with Crippen molar-refractivity contribution >= 4 is 23.5 Å². The van der Waals surface area contributed by atoms with Crippen LogP contribution in [0.1, 0.15) is 57.1 Å². The maximum atomic E-state index is 13.7. The molecule has 2 amide bonds. The molecule has 2 saturated heterocycles. The number of amides is 2. The standard InChI is InChI=1S/C28H36N2O5/c1-16(2)11-22(25(31)29-19-7-5-6-8-19)34-27(33)23-21-9-10-28(35-21)15-30(26(32)24(23)28)20-13-17(3)12-18(4)14-20/h9-10,12-14,16,19,21-24H,5-8,11,15H2,1-4H3,(H,29,31)/t21-,22+,23+,24+,28-/m1/s1. The number of nitrogens with zero attached hydrogens (tertiary/aromatic N) is 1. The fourth-order valence-electron chi connectivity index (χ4n) is 6.31. The first kappa shape index (κ1) is 24.0. The van der Waals surface area contributed by atoms with Gasteiger partial charge in [-0.05, 0) is 62.3 Å². The van der Waals surface area contributed by atoms with Gasteiger partial charge < -0.3 is 19.7 Å². The molecule has 1 aromatic carbocycles. The molecule has 188 valence electrons.